The van der Waals surface area contributed by atoms with Gasteiger partial charge in [-0.3, -0.25) is 9.88 Å². The van der Waals surface area contributed by atoms with Crippen LogP contribution in [0.5, 0.6) is 5.75 Å². The second-order valence-corrected chi connectivity index (χ2v) is 13.1. The number of benzene rings is 1. The quantitative estimate of drug-likeness (QED) is 0.174. The van der Waals surface area contributed by atoms with E-state index in [1.165, 1.54) is 0 Å². The smallest absolute Gasteiger partial charge is 0.497 e. The zero-order chi connectivity index (χ0) is 28.5. The maximum absolute atomic E-state index is 13.3. The minimum absolute atomic E-state index is 0.0754. The van der Waals surface area contributed by atoms with Gasteiger partial charge in [-0.25, -0.2) is 4.79 Å². The van der Waals surface area contributed by atoms with Crippen LogP contribution in [0.1, 0.15) is 51.7 Å². The molecule has 1 aromatic carbocycles. The van der Waals surface area contributed by atoms with Gasteiger partial charge in [0.05, 0.1) is 18.7 Å². The lowest BCUT2D eigenvalue weighted by atomic mass is 9.73. The number of aromatic nitrogens is 1. The molecule has 0 saturated carbocycles. The van der Waals surface area contributed by atoms with Crippen LogP contribution >= 0.6 is 0 Å². The number of methoxy groups -OCH3 is 1. The number of hydrogen-bond acceptors (Lipinski definition) is 8. The first-order chi connectivity index (χ1) is 19.5. The van der Waals surface area contributed by atoms with Crippen LogP contribution in [0.4, 0.5) is 4.79 Å². The van der Waals surface area contributed by atoms with Gasteiger partial charge in [-0.05, 0) is 82.7 Å². The van der Waals surface area contributed by atoms with Gasteiger partial charge in [-0.2, -0.15) is 0 Å². The molecular weight excluding hydrogens is 526 g/mol. The number of nitrogens with zero attached hydrogens (tertiary/aromatic N) is 2. The van der Waals surface area contributed by atoms with Crippen LogP contribution in [-0.4, -0.2) is 77.4 Å². The number of carbonyl (C=O) groups excluding carboxylic acids is 1. The molecule has 3 aliphatic heterocycles. The molecule has 9 nitrogen and oxygen atoms in total. The summed E-state index contributed by atoms with van der Waals surface area (Å²) in [5.41, 5.74) is 1.79. The Morgan fingerprint density at radius 3 is 2.58 bits per heavy atom. The fraction of sp³-hybridized carbons (Fsp3) is 0.600. The summed E-state index contributed by atoms with van der Waals surface area (Å²) in [7, 11) is -1.11. The van der Waals surface area contributed by atoms with Gasteiger partial charge in [0.15, 0.2) is 0 Å². The SMILES string of the molecule is C=C[C@H]1CN2CC[C@H]1C[C@H]2[C@H](OC(=O)NCCC[Si](OCC)(OCC)OCC)c1ccnc2ccc(OC)cc12. The molecule has 5 atom stereocenters. The van der Waals surface area contributed by atoms with Crippen LogP contribution < -0.4 is 10.1 Å². The molecular formula is C30H45N3O6Si. The minimum Gasteiger partial charge on any atom is -0.497 e. The van der Waals surface area contributed by atoms with E-state index >= 15 is 0 Å². The number of hydrogen-bond donors (Lipinski definition) is 1. The summed E-state index contributed by atoms with van der Waals surface area (Å²) in [5.74, 6) is 1.75. The van der Waals surface area contributed by atoms with Crippen molar-refractivity contribution in [2.45, 2.75) is 58.2 Å². The van der Waals surface area contributed by atoms with Crippen molar-refractivity contribution in [3.63, 3.8) is 0 Å². The second-order valence-electron chi connectivity index (χ2n) is 10.4. The highest BCUT2D eigenvalue weighted by atomic mass is 28.4. The number of rotatable bonds is 15. The Labute approximate surface area is 239 Å². The monoisotopic (exact) mass is 571 g/mol. The van der Waals surface area contributed by atoms with Gasteiger partial charge in [0.25, 0.3) is 0 Å². The van der Waals surface area contributed by atoms with Gasteiger partial charge in [-0.1, -0.05) is 6.08 Å². The Morgan fingerprint density at radius 1 is 1.20 bits per heavy atom. The summed E-state index contributed by atoms with van der Waals surface area (Å²) in [5, 5.41) is 3.91. The Morgan fingerprint density at radius 2 is 1.95 bits per heavy atom. The molecule has 2 aromatic rings. The van der Waals surface area contributed by atoms with E-state index < -0.39 is 21.0 Å². The lowest BCUT2D eigenvalue weighted by molar-refractivity contribution is -0.0497. The summed E-state index contributed by atoms with van der Waals surface area (Å²) in [6.45, 7) is 13.8. The molecule has 0 aliphatic carbocycles. The lowest BCUT2D eigenvalue weighted by Gasteiger charge is -2.51. The molecule has 3 aliphatic rings. The Balaban J connectivity index is 1.51. The van der Waals surface area contributed by atoms with E-state index in [1.807, 2.05) is 45.0 Å². The van der Waals surface area contributed by atoms with E-state index in [0.29, 0.717) is 50.7 Å². The van der Waals surface area contributed by atoms with E-state index in [4.69, 9.17) is 22.8 Å². The topological polar surface area (TPSA) is 91.4 Å². The Kier molecular flexibility index (Phi) is 11.0. The van der Waals surface area contributed by atoms with Crippen molar-refractivity contribution in [3.05, 3.63) is 48.7 Å². The van der Waals surface area contributed by atoms with E-state index in [1.54, 1.807) is 13.3 Å². The van der Waals surface area contributed by atoms with Crippen molar-refractivity contribution < 1.29 is 27.5 Å². The van der Waals surface area contributed by atoms with Gasteiger partial charge < -0.3 is 28.1 Å². The molecule has 10 heteroatoms. The predicted octanol–water partition coefficient (Wildman–Crippen LogP) is 5.35. The van der Waals surface area contributed by atoms with Gasteiger partial charge in [0, 0.05) is 56.1 Å². The van der Waals surface area contributed by atoms with E-state index in [2.05, 4.69) is 27.9 Å². The first-order valence-corrected chi connectivity index (χ1v) is 16.6. The second kappa shape index (κ2) is 14.4. The van der Waals surface area contributed by atoms with Crippen molar-refractivity contribution in [3.8, 4) is 5.75 Å². The molecule has 0 spiro atoms. The van der Waals surface area contributed by atoms with E-state index in [-0.39, 0.29) is 6.04 Å². The molecule has 1 aromatic heterocycles. The average Bonchev–Trinajstić information content (AvgIpc) is 2.98. The van der Waals surface area contributed by atoms with E-state index in [9.17, 15) is 4.79 Å². The van der Waals surface area contributed by atoms with Crippen LogP contribution in [0, 0.1) is 11.8 Å². The normalized spacial score (nSPS) is 23.1. The molecule has 1 N–H and O–H groups in total. The highest BCUT2D eigenvalue weighted by Gasteiger charge is 2.44. The zero-order valence-electron chi connectivity index (χ0n) is 24.4. The maximum atomic E-state index is 13.3. The first kappa shape index (κ1) is 30.5. The predicted molar refractivity (Wildman–Crippen MR) is 157 cm³/mol. The maximum Gasteiger partial charge on any atom is 0.500 e. The molecule has 1 unspecified atom stereocenters. The number of pyridine rings is 1. The number of piperidine rings is 3. The molecule has 3 saturated heterocycles. The first-order valence-electron chi connectivity index (χ1n) is 14.6. The Hall–Kier alpha value is -2.50. The number of alkyl carbamates (subject to hydrolysis) is 1. The Bertz CT molecular complexity index is 1120. The van der Waals surface area contributed by atoms with Crippen molar-refractivity contribution in [2.24, 2.45) is 11.8 Å². The summed E-state index contributed by atoms with van der Waals surface area (Å²) < 4.78 is 29.6. The summed E-state index contributed by atoms with van der Waals surface area (Å²) >= 11 is 0. The number of nitrogens with one attached hydrogen (secondary N) is 1. The highest BCUT2D eigenvalue weighted by Crippen LogP contribution is 2.43. The average molecular weight is 572 g/mol. The molecule has 1 amide bonds. The van der Waals surface area contributed by atoms with Crippen LogP contribution in [-0.2, 0) is 18.0 Å². The third kappa shape index (κ3) is 7.03. The van der Waals surface area contributed by atoms with Crippen LogP contribution in [0.25, 0.3) is 10.9 Å². The largest absolute Gasteiger partial charge is 0.500 e. The van der Waals surface area contributed by atoms with Crippen LogP contribution in [0.3, 0.4) is 0 Å². The van der Waals surface area contributed by atoms with Crippen LogP contribution in [0.2, 0.25) is 6.04 Å². The number of amides is 1. The molecule has 40 heavy (non-hydrogen) atoms. The standard InChI is InChI=1S/C30H45N3O6Si/c1-6-22-21-33-17-14-23(22)19-28(33)29(25-13-16-31-27-12-11-24(35-5)20-26(25)27)39-30(34)32-15-10-18-40(36-7-2,37-8-3)38-9-4/h6,11-13,16,20,22-23,28-29H,1,7-10,14-15,17-19,21H2,2-5H3,(H,32,34)/t22-,23-,28-,29+/m0/s1. The lowest BCUT2D eigenvalue weighted by Crippen LogP contribution is -2.55. The molecule has 0 radical (unpaired) electrons. The fourth-order valence-electron chi connectivity index (χ4n) is 6.22. The zero-order valence-corrected chi connectivity index (χ0v) is 25.4. The van der Waals surface area contributed by atoms with Crippen molar-refractivity contribution in [1.29, 1.82) is 0 Å². The molecule has 220 valence electrons. The van der Waals surface area contributed by atoms with Crippen molar-refractivity contribution >= 4 is 25.8 Å². The van der Waals surface area contributed by atoms with Gasteiger partial charge in [0.2, 0.25) is 0 Å². The third-order valence-corrected chi connectivity index (χ3v) is 11.2. The van der Waals surface area contributed by atoms with Crippen molar-refractivity contribution in [2.75, 3.05) is 46.6 Å². The third-order valence-electron chi connectivity index (χ3n) is 8.05. The summed E-state index contributed by atoms with van der Waals surface area (Å²) in [4.78, 5) is 20.3. The molecule has 5 rings (SSSR count). The van der Waals surface area contributed by atoms with Crippen LogP contribution in [0.15, 0.2) is 43.1 Å². The van der Waals surface area contributed by atoms with Crippen molar-refractivity contribution in [1.82, 2.24) is 15.2 Å². The highest BCUT2D eigenvalue weighted by molar-refractivity contribution is 6.60. The number of ether oxygens (including phenoxy) is 2. The number of fused-ring (bicyclic) bond motifs is 4. The van der Waals surface area contributed by atoms with Gasteiger partial charge >= 0.3 is 14.9 Å². The number of carbonyl (C=O) groups is 1. The summed E-state index contributed by atoms with van der Waals surface area (Å²) in [6.07, 6.45) is 5.75. The molecule has 3 fully saturated rings. The molecule has 4 heterocycles. The van der Waals surface area contributed by atoms with Gasteiger partial charge in [0.1, 0.15) is 11.9 Å². The van der Waals surface area contributed by atoms with Gasteiger partial charge in [-0.15, -0.1) is 6.58 Å². The minimum atomic E-state index is -2.76. The summed E-state index contributed by atoms with van der Waals surface area (Å²) in [6, 6.07) is 8.50. The fourth-order valence-corrected chi connectivity index (χ4v) is 8.83. The molecule has 2 bridgehead atoms. The van der Waals surface area contributed by atoms with E-state index in [0.717, 1.165) is 48.1 Å².